The van der Waals surface area contributed by atoms with Crippen LogP contribution in [0.25, 0.3) is 11.0 Å². The van der Waals surface area contributed by atoms with Gasteiger partial charge in [-0.1, -0.05) is 30.3 Å². The number of benzene rings is 2. The maximum atomic E-state index is 13.4. The lowest BCUT2D eigenvalue weighted by atomic mass is 9.99. The van der Waals surface area contributed by atoms with Crippen molar-refractivity contribution in [1.82, 2.24) is 14.9 Å². The number of nitrogens with one attached hydrogen (secondary N) is 1. The summed E-state index contributed by atoms with van der Waals surface area (Å²) in [6, 6.07) is 14.9. The van der Waals surface area contributed by atoms with E-state index in [1.165, 1.54) is 0 Å². The van der Waals surface area contributed by atoms with Crippen molar-refractivity contribution in [2.75, 3.05) is 74.3 Å². The summed E-state index contributed by atoms with van der Waals surface area (Å²) >= 11 is 0. The van der Waals surface area contributed by atoms with Gasteiger partial charge in [0.2, 0.25) is 11.8 Å². The Balaban J connectivity index is 1.23. The van der Waals surface area contributed by atoms with E-state index in [-0.39, 0.29) is 17.7 Å². The van der Waals surface area contributed by atoms with Crippen molar-refractivity contribution in [3.8, 4) is 0 Å². The third kappa shape index (κ3) is 5.46. The van der Waals surface area contributed by atoms with E-state index in [1.54, 1.807) is 4.90 Å². The molecule has 3 aromatic rings. The van der Waals surface area contributed by atoms with Crippen molar-refractivity contribution in [2.24, 2.45) is 0 Å². The number of likely N-dealkylation sites (tertiary alicyclic amines) is 1. The number of carbonyl (C=O) groups excluding carboxylic acids is 2. The van der Waals surface area contributed by atoms with Crippen LogP contribution in [0.4, 0.5) is 17.3 Å². The average Bonchev–Trinajstić information content (AvgIpc) is 3.51. The fraction of sp³-hybridized carbons (Fsp3) is 0.467. The lowest BCUT2D eigenvalue weighted by Crippen LogP contribution is -2.44. The van der Waals surface area contributed by atoms with Crippen LogP contribution < -0.4 is 15.1 Å². The van der Waals surface area contributed by atoms with Gasteiger partial charge in [-0.15, -0.1) is 0 Å². The molecule has 3 saturated heterocycles. The highest BCUT2D eigenvalue weighted by Crippen LogP contribution is 2.31. The standard InChI is InChI=1S/C30H36N6O4/c1-21(22-6-3-2-4-7-22)30(38)36-11-5-8-26(36)29(37)31-23-9-10-24-25(20-23)33-28(35-14-18-40-19-15-35)27(32-24)34-12-16-39-17-13-34/h2-4,6-7,9-10,20-21,26H,5,8,11-19H2,1H3,(H,31,37)/t21-,26+/m1/s1. The zero-order valence-electron chi connectivity index (χ0n) is 22.9. The minimum atomic E-state index is -0.493. The van der Waals surface area contributed by atoms with E-state index < -0.39 is 6.04 Å². The van der Waals surface area contributed by atoms with Gasteiger partial charge in [0.25, 0.3) is 0 Å². The molecule has 6 rings (SSSR count). The van der Waals surface area contributed by atoms with Crippen molar-refractivity contribution >= 4 is 40.2 Å². The van der Waals surface area contributed by atoms with Crippen molar-refractivity contribution in [3.63, 3.8) is 0 Å². The molecule has 3 fully saturated rings. The summed E-state index contributed by atoms with van der Waals surface area (Å²) in [7, 11) is 0. The molecule has 40 heavy (non-hydrogen) atoms. The number of ether oxygens (including phenoxy) is 2. The molecule has 0 bridgehead atoms. The van der Waals surface area contributed by atoms with E-state index in [2.05, 4.69) is 15.1 Å². The molecule has 0 saturated carbocycles. The molecule has 3 aliphatic rings. The lowest BCUT2D eigenvalue weighted by molar-refractivity contribution is -0.137. The topological polar surface area (TPSA) is 100 Å². The summed E-state index contributed by atoms with van der Waals surface area (Å²) < 4.78 is 11.1. The molecule has 3 aliphatic heterocycles. The quantitative estimate of drug-likeness (QED) is 0.506. The van der Waals surface area contributed by atoms with E-state index in [1.807, 2.05) is 55.5 Å². The van der Waals surface area contributed by atoms with E-state index in [9.17, 15) is 9.59 Å². The van der Waals surface area contributed by atoms with Crippen LogP contribution in [-0.4, -0.2) is 91.9 Å². The molecule has 0 unspecified atom stereocenters. The highest BCUT2D eigenvalue weighted by atomic mass is 16.5. The minimum Gasteiger partial charge on any atom is -0.378 e. The van der Waals surface area contributed by atoms with Crippen LogP contribution in [0.2, 0.25) is 0 Å². The van der Waals surface area contributed by atoms with Gasteiger partial charge in [-0.05, 0) is 43.5 Å². The Morgan fingerprint density at radius 1 is 0.850 bits per heavy atom. The van der Waals surface area contributed by atoms with E-state index in [0.717, 1.165) is 55.3 Å². The number of hydrogen-bond acceptors (Lipinski definition) is 8. The molecule has 0 spiro atoms. The molecular formula is C30H36N6O4. The average molecular weight is 545 g/mol. The maximum absolute atomic E-state index is 13.4. The Labute approximate surface area is 234 Å². The Morgan fingerprint density at radius 2 is 1.48 bits per heavy atom. The summed E-state index contributed by atoms with van der Waals surface area (Å²) in [4.78, 5) is 43.0. The fourth-order valence-electron chi connectivity index (χ4n) is 5.75. The molecule has 1 aromatic heterocycles. The zero-order valence-corrected chi connectivity index (χ0v) is 22.9. The maximum Gasteiger partial charge on any atom is 0.247 e. The largest absolute Gasteiger partial charge is 0.378 e. The molecule has 2 atom stereocenters. The van der Waals surface area contributed by atoms with Gasteiger partial charge in [-0.3, -0.25) is 9.59 Å². The Hall–Kier alpha value is -3.76. The molecule has 10 nitrogen and oxygen atoms in total. The van der Waals surface area contributed by atoms with E-state index >= 15 is 0 Å². The number of fused-ring (bicyclic) bond motifs is 1. The number of nitrogens with zero attached hydrogens (tertiary/aromatic N) is 5. The number of amides is 2. The summed E-state index contributed by atoms with van der Waals surface area (Å²) in [6.07, 6.45) is 1.46. The molecule has 0 radical (unpaired) electrons. The van der Waals surface area contributed by atoms with Gasteiger partial charge >= 0.3 is 0 Å². The number of anilines is 3. The van der Waals surface area contributed by atoms with E-state index in [0.29, 0.717) is 50.6 Å². The van der Waals surface area contributed by atoms with Crippen LogP contribution in [0.5, 0.6) is 0 Å². The first-order valence-corrected chi connectivity index (χ1v) is 14.2. The van der Waals surface area contributed by atoms with Crippen LogP contribution in [0, 0.1) is 0 Å². The summed E-state index contributed by atoms with van der Waals surface area (Å²) in [5, 5.41) is 3.06. The zero-order chi connectivity index (χ0) is 27.5. The highest BCUT2D eigenvalue weighted by molar-refractivity contribution is 5.99. The van der Waals surface area contributed by atoms with Crippen molar-refractivity contribution in [2.45, 2.75) is 31.7 Å². The van der Waals surface area contributed by atoms with E-state index in [4.69, 9.17) is 19.4 Å². The van der Waals surface area contributed by atoms with Gasteiger partial charge in [-0.2, -0.15) is 0 Å². The minimum absolute atomic E-state index is 0.0148. The fourth-order valence-corrected chi connectivity index (χ4v) is 5.75. The van der Waals surface area contributed by atoms with Crippen molar-refractivity contribution in [3.05, 3.63) is 54.1 Å². The van der Waals surface area contributed by atoms with Gasteiger partial charge < -0.3 is 29.5 Å². The van der Waals surface area contributed by atoms with Crippen LogP contribution >= 0.6 is 0 Å². The molecule has 4 heterocycles. The second-order valence-corrected chi connectivity index (χ2v) is 10.6. The molecule has 210 valence electrons. The second kappa shape index (κ2) is 11.8. The smallest absolute Gasteiger partial charge is 0.247 e. The highest BCUT2D eigenvalue weighted by Gasteiger charge is 2.36. The van der Waals surface area contributed by atoms with Gasteiger partial charge in [0.05, 0.1) is 43.4 Å². The number of carbonyl (C=O) groups is 2. The van der Waals surface area contributed by atoms with Crippen molar-refractivity contribution < 1.29 is 19.1 Å². The monoisotopic (exact) mass is 544 g/mol. The first-order chi connectivity index (χ1) is 19.6. The number of rotatable bonds is 6. The van der Waals surface area contributed by atoms with Crippen molar-refractivity contribution in [1.29, 1.82) is 0 Å². The van der Waals surface area contributed by atoms with Gasteiger partial charge in [0, 0.05) is 38.4 Å². The summed E-state index contributed by atoms with van der Waals surface area (Å²) in [5.74, 6) is 1.21. The first-order valence-electron chi connectivity index (χ1n) is 14.2. The first kappa shape index (κ1) is 26.5. The summed E-state index contributed by atoms with van der Waals surface area (Å²) in [6.45, 7) is 8.17. The SMILES string of the molecule is C[C@@H](C(=O)N1CCC[C@H]1C(=O)Nc1ccc2nc(N3CCOCC3)c(N3CCOCC3)nc2c1)c1ccccc1. The third-order valence-corrected chi connectivity index (χ3v) is 8.03. The van der Waals surface area contributed by atoms with Gasteiger partial charge in [-0.25, -0.2) is 9.97 Å². The third-order valence-electron chi connectivity index (χ3n) is 8.03. The van der Waals surface area contributed by atoms with Crippen LogP contribution in [0.1, 0.15) is 31.2 Å². The lowest BCUT2D eigenvalue weighted by Gasteiger charge is -2.34. The normalized spacial score (nSPS) is 20.5. The molecular weight excluding hydrogens is 508 g/mol. The van der Waals surface area contributed by atoms with Gasteiger partial charge in [0.15, 0.2) is 11.6 Å². The Bertz CT molecular complexity index is 1360. The number of hydrogen-bond donors (Lipinski definition) is 1. The number of morpholine rings is 2. The van der Waals surface area contributed by atoms with Gasteiger partial charge in [0.1, 0.15) is 6.04 Å². The van der Waals surface area contributed by atoms with Crippen LogP contribution in [0.3, 0.4) is 0 Å². The Morgan fingerprint density at radius 3 is 2.12 bits per heavy atom. The number of aromatic nitrogens is 2. The predicted octanol–water partition coefficient (Wildman–Crippen LogP) is 3.04. The second-order valence-electron chi connectivity index (χ2n) is 10.6. The molecule has 0 aliphatic carbocycles. The Kier molecular flexibility index (Phi) is 7.79. The molecule has 1 N–H and O–H groups in total. The van der Waals surface area contributed by atoms with Crippen LogP contribution in [0.15, 0.2) is 48.5 Å². The molecule has 2 aromatic carbocycles. The van der Waals surface area contributed by atoms with Crippen LogP contribution in [-0.2, 0) is 19.1 Å². The summed E-state index contributed by atoms with van der Waals surface area (Å²) in [5.41, 5.74) is 3.09. The predicted molar refractivity (Wildman–Crippen MR) is 154 cm³/mol. The molecule has 2 amide bonds. The molecule has 10 heteroatoms.